The zero-order valence-corrected chi connectivity index (χ0v) is 15.6. The first-order valence-electron chi connectivity index (χ1n) is 9.56. The van der Waals surface area contributed by atoms with Gasteiger partial charge in [0.25, 0.3) is 0 Å². The van der Waals surface area contributed by atoms with Gasteiger partial charge in [-0.1, -0.05) is 42.5 Å². The summed E-state index contributed by atoms with van der Waals surface area (Å²) in [7, 11) is 0. The average molecular weight is 365 g/mol. The fourth-order valence-electron chi connectivity index (χ4n) is 3.39. The zero-order valence-electron chi connectivity index (χ0n) is 15.6. The summed E-state index contributed by atoms with van der Waals surface area (Å²) in [5.41, 5.74) is 8.54. The summed E-state index contributed by atoms with van der Waals surface area (Å²) in [6, 6.07) is 17.5. The maximum Gasteiger partial charge on any atom is 0.227 e. The smallest absolute Gasteiger partial charge is 0.227 e. The van der Waals surface area contributed by atoms with Gasteiger partial charge < -0.3 is 15.5 Å². The largest absolute Gasteiger partial charge is 0.399 e. The molecular formula is C22H27N3O2. The molecule has 1 aliphatic rings. The van der Waals surface area contributed by atoms with Crippen molar-refractivity contribution < 1.29 is 9.59 Å². The van der Waals surface area contributed by atoms with Crippen LogP contribution in [-0.2, 0) is 22.4 Å². The monoisotopic (exact) mass is 365 g/mol. The number of hydrogen-bond acceptors (Lipinski definition) is 3. The number of carbonyl (C=O) groups is 2. The Morgan fingerprint density at radius 2 is 1.41 bits per heavy atom. The van der Waals surface area contributed by atoms with Gasteiger partial charge in [0.15, 0.2) is 0 Å². The molecule has 142 valence electrons. The van der Waals surface area contributed by atoms with Crippen LogP contribution in [0, 0.1) is 0 Å². The Morgan fingerprint density at radius 1 is 0.778 bits per heavy atom. The normalized spacial score (nSPS) is 14.7. The third-order valence-corrected chi connectivity index (χ3v) is 5.01. The second-order valence-corrected chi connectivity index (χ2v) is 7.02. The van der Waals surface area contributed by atoms with E-state index >= 15 is 0 Å². The summed E-state index contributed by atoms with van der Waals surface area (Å²) >= 11 is 0. The molecule has 3 rings (SSSR count). The Morgan fingerprint density at radius 3 is 2.07 bits per heavy atom. The Hall–Kier alpha value is -2.82. The number of carbonyl (C=O) groups excluding carboxylic acids is 2. The fourth-order valence-corrected chi connectivity index (χ4v) is 3.39. The predicted octanol–water partition coefficient (Wildman–Crippen LogP) is 2.51. The van der Waals surface area contributed by atoms with Gasteiger partial charge in [-0.3, -0.25) is 9.59 Å². The molecule has 0 atom stereocenters. The molecule has 0 radical (unpaired) electrons. The topological polar surface area (TPSA) is 66.6 Å². The number of benzene rings is 2. The van der Waals surface area contributed by atoms with Crippen LogP contribution in [0.2, 0.25) is 0 Å². The van der Waals surface area contributed by atoms with E-state index in [1.54, 1.807) is 0 Å². The highest BCUT2D eigenvalue weighted by Crippen LogP contribution is 2.11. The minimum absolute atomic E-state index is 0.110. The molecule has 0 aromatic heterocycles. The van der Waals surface area contributed by atoms with E-state index in [1.807, 2.05) is 64.4 Å². The summed E-state index contributed by atoms with van der Waals surface area (Å²) in [5, 5.41) is 0. The minimum atomic E-state index is 0.110. The summed E-state index contributed by atoms with van der Waals surface area (Å²) in [4.78, 5) is 28.9. The van der Waals surface area contributed by atoms with Crippen molar-refractivity contribution in [3.63, 3.8) is 0 Å². The van der Waals surface area contributed by atoms with Gasteiger partial charge in [-0.25, -0.2) is 0 Å². The molecule has 0 unspecified atom stereocenters. The van der Waals surface area contributed by atoms with Gasteiger partial charge in [-0.2, -0.15) is 0 Å². The molecule has 2 N–H and O–H groups in total. The molecule has 0 saturated carbocycles. The number of anilines is 1. The van der Waals surface area contributed by atoms with Crippen LogP contribution < -0.4 is 5.73 Å². The van der Waals surface area contributed by atoms with E-state index in [0.29, 0.717) is 38.2 Å². The van der Waals surface area contributed by atoms with E-state index in [4.69, 9.17) is 5.73 Å². The minimum Gasteiger partial charge on any atom is -0.399 e. The van der Waals surface area contributed by atoms with Crippen LogP contribution in [-0.4, -0.2) is 47.8 Å². The van der Waals surface area contributed by atoms with Gasteiger partial charge >= 0.3 is 0 Å². The SMILES string of the molecule is Nc1ccc(CC(=O)N2CCCN(C(=O)CCc3ccccc3)CC2)cc1. The fraction of sp³-hybridized carbons (Fsp3) is 0.364. The lowest BCUT2D eigenvalue weighted by Gasteiger charge is -2.22. The number of hydrogen-bond donors (Lipinski definition) is 1. The Balaban J connectivity index is 1.48. The van der Waals surface area contributed by atoms with Crippen LogP contribution >= 0.6 is 0 Å². The highest BCUT2D eigenvalue weighted by molar-refractivity contribution is 5.79. The molecule has 1 aliphatic heterocycles. The molecular weight excluding hydrogens is 338 g/mol. The average Bonchev–Trinajstić information content (AvgIpc) is 2.95. The number of rotatable bonds is 5. The van der Waals surface area contributed by atoms with Crippen molar-refractivity contribution >= 4 is 17.5 Å². The molecule has 2 aromatic rings. The van der Waals surface area contributed by atoms with Crippen molar-refractivity contribution in [2.75, 3.05) is 31.9 Å². The van der Waals surface area contributed by atoms with Gasteiger partial charge in [-0.15, -0.1) is 0 Å². The molecule has 1 saturated heterocycles. The maximum atomic E-state index is 12.6. The quantitative estimate of drug-likeness (QED) is 0.828. The van der Waals surface area contributed by atoms with Gasteiger partial charge in [0, 0.05) is 38.3 Å². The van der Waals surface area contributed by atoms with Crippen LogP contribution in [0.5, 0.6) is 0 Å². The number of aryl methyl sites for hydroxylation is 1. The number of amides is 2. The van der Waals surface area contributed by atoms with Crippen LogP contribution in [0.1, 0.15) is 24.0 Å². The molecule has 2 aromatic carbocycles. The van der Waals surface area contributed by atoms with Crippen molar-refractivity contribution in [2.45, 2.75) is 25.7 Å². The molecule has 5 heteroatoms. The summed E-state index contributed by atoms with van der Waals surface area (Å²) in [6.07, 6.45) is 2.48. The number of nitrogens with two attached hydrogens (primary N) is 1. The lowest BCUT2D eigenvalue weighted by molar-refractivity contribution is -0.133. The lowest BCUT2D eigenvalue weighted by Crippen LogP contribution is -2.38. The highest BCUT2D eigenvalue weighted by Gasteiger charge is 2.21. The third-order valence-electron chi connectivity index (χ3n) is 5.01. The second kappa shape index (κ2) is 9.21. The lowest BCUT2D eigenvalue weighted by atomic mass is 10.1. The van der Waals surface area contributed by atoms with Gasteiger partial charge in [0.2, 0.25) is 11.8 Å². The van der Waals surface area contributed by atoms with E-state index in [9.17, 15) is 9.59 Å². The molecule has 1 fully saturated rings. The third kappa shape index (κ3) is 5.58. The van der Waals surface area contributed by atoms with E-state index in [2.05, 4.69) is 0 Å². The second-order valence-electron chi connectivity index (χ2n) is 7.02. The van der Waals surface area contributed by atoms with Crippen molar-refractivity contribution in [3.8, 4) is 0 Å². The van der Waals surface area contributed by atoms with E-state index < -0.39 is 0 Å². The molecule has 5 nitrogen and oxygen atoms in total. The maximum absolute atomic E-state index is 12.6. The summed E-state index contributed by atoms with van der Waals surface area (Å²) < 4.78 is 0. The van der Waals surface area contributed by atoms with Crippen molar-refractivity contribution in [3.05, 3.63) is 65.7 Å². The van der Waals surface area contributed by atoms with Gasteiger partial charge in [-0.05, 0) is 36.1 Å². The molecule has 2 amide bonds. The predicted molar refractivity (Wildman–Crippen MR) is 107 cm³/mol. The van der Waals surface area contributed by atoms with Crippen LogP contribution in [0.15, 0.2) is 54.6 Å². The molecule has 0 spiro atoms. The highest BCUT2D eigenvalue weighted by atomic mass is 16.2. The Labute approximate surface area is 160 Å². The van der Waals surface area contributed by atoms with Gasteiger partial charge in [0.05, 0.1) is 6.42 Å². The molecule has 1 heterocycles. The van der Waals surface area contributed by atoms with Crippen LogP contribution in [0.4, 0.5) is 5.69 Å². The van der Waals surface area contributed by atoms with Crippen molar-refractivity contribution in [2.24, 2.45) is 0 Å². The number of nitrogen functional groups attached to an aromatic ring is 1. The summed E-state index contributed by atoms with van der Waals surface area (Å²) in [5.74, 6) is 0.282. The first kappa shape index (κ1) is 19.0. The zero-order chi connectivity index (χ0) is 19.1. The van der Waals surface area contributed by atoms with Crippen LogP contribution in [0.3, 0.4) is 0 Å². The standard InChI is InChI=1S/C22H27N3O2/c23-20-10-7-19(8-11-20)17-22(27)25-14-4-13-24(15-16-25)21(26)12-9-18-5-2-1-3-6-18/h1-3,5-8,10-11H,4,9,12-17,23H2. The Bertz CT molecular complexity index is 759. The van der Waals surface area contributed by atoms with Crippen molar-refractivity contribution in [1.82, 2.24) is 9.80 Å². The van der Waals surface area contributed by atoms with E-state index in [-0.39, 0.29) is 11.8 Å². The summed E-state index contributed by atoms with van der Waals surface area (Å²) in [6.45, 7) is 2.64. The first-order valence-corrected chi connectivity index (χ1v) is 9.56. The van der Waals surface area contributed by atoms with Gasteiger partial charge in [0.1, 0.15) is 0 Å². The Kier molecular flexibility index (Phi) is 6.47. The van der Waals surface area contributed by atoms with E-state index in [1.165, 1.54) is 5.56 Å². The molecule has 0 aliphatic carbocycles. The van der Waals surface area contributed by atoms with E-state index in [0.717, 1.165) is 24.9 Å². The molecule has 0 bridgehead atoms. The number of nitrogens with zero attached hydrogens (tertiary/aromatic N) is 2. The first-order chi connectivity index (χ1) is 13.1. The molecule has 27 heavy (non-hydrogen) atoms. The van der Waals surface area contributed by atoms with Crippen molar-refractivity contribution in [1.29, 1.82) is 0 Å². The van der Waals surface area contributed by atoms with Crippen LogP contribution in [0.25, 0.3) is 0 Å².